The highest BCUT2D eigenvalue weighted by molar-refractivity contribution is 5.97. The summed E-state index contributed by atoms with van der Waals surface area (Å²) in [5.41, 5.74) is 7.54. The molecule has 0 aliphatic carbocycles. The molecule has 2 nitrogen and oxygen atoms in total. The van der Waals surface area contributed by atoms with Crippen LogP contribution in [0.3, 0.4) is 0 Å². The van der Waals surface area contributed by atoms with Crippen molar-refractivity contribution in [3.8, 4) is 0 Å². The average molecular weight is 452 g/mol. The Balaban J connectivity index is 0.00000900. The molecule has 0 saturated heterocycles. The van der Waals surface area contributed by atoms with Crippen LogP contribution in [0.2, 0.25) is 0 Å². The van der Waals surface area contributed by atoms with Gasteiger partial charge in [-0.3, -0.25) is 4.79 Å². The Morgan fingerprint density at radius 3 is 1.52 bits per heavy atom. The van der Waals surface area contributed by atoms with Crippen molar-refractivity contribution in [3.05, 3.63) is 35.4 Å². The molecule has 0 unspecified atom stereocenters. The number of benzene rings is 1. The second-order valence-corrected chi connectivity index (χ2v) is 9.74. The number of carbonyl (C=O) groups is 1. The van der Waals surface area contributed by atoms with Crippen LogP contribution < -0.4 is 5.73 Å². The number of nitrogens with two attached hydrogens (primary N) is 1. The SMILES string of the molecule is CCCCCCCCCCCCCCCCCCC(=O)c1ccccc1C(C)(C)N.Cl. The first-order chi connectivity index (χ1) is 14.5. The lowest BCUT2D eigenvalue weighted by Gasteiger charge is -2.22. The highest BCUT2D eigenvalue weighted by atomic mass is 35.5. The van der Waals surface area contributed by atoms with Gasteiger partial charge in [0.1, 0.15) is 0 Å². The lowest BCUT2D eigenvalue weighted by molar-refractivity contribution is 0.0976. The monoisotopic (exact) mass is 451 g/mol. The van der Waals surface area contributed by atoms with Gasteiger partial charge >= 0.3 is 0 Å². The van der Waals surface area contributed by atoms with Crippen LogP contribution in [0.1, 0.15) is 146 Å². The first-order valence-electron chi connectivity index (χ1n) is 12.9. The minimum Gasteiger partial charge on any atom is -0.322 e. The molecule has 0 atom stereocenters. The molecule has 3 heteroatoms. The van der Waals surface area contributed by atoms with E-state index in [0.29, 0.717) is 6.42 Å². The van der Waals surface area contributed by atoms with Gasteiger partial charge in [-0.15, -0.1) is 12.4 Å². The first-order valence-corrected chi connectivity index (χ1v) is 12.9. The standard InChI is InChI=1S/C28H49NO.ClH/c1-4-5-6-7-8-9-10-11-12-13-14-15-16-17-18-19-24-27(30)25-22-20-21-23-26(25)28(2,3)29;/h20-23H,4-19,24,29H2,1-3H3;1H. The summed E-state index contributed by atoms with van der Waals surface area (Å²) in [6.45, 7) is 6.22. The van der Waals surface area contributed by atoms with Gasteiger partial charge in [-0.25, -0.2) is 0 Å². The highest BCUT2D eigenvalue weighted by Gasteiger charge is 2.21. The fourth-order valence-corrected chi connectivity index (χ4v) is 4.26. The van der Waals surface area contributed by atoms with Gasteiger partial charge in [-0.05, 0) is 25.8 Å². The van der Waals surface area contributed by atoms with Crippen molar-refractivity contribution in [2.45, 2.75) is 135 Å². The first kappa shape index (κ1) is 30.1. The number of Topliss-reactive ketones (excluding diaryl/α,β-unsaturated/α-hetero) is 1. The quantitative estimate of drug-likeness (QED) is 0.168. The molecule has 0 saturated carbocycles. The molecular formula is C28H50ClNO. The molecule has 1 aromatic carbocycles. The molecule has 0 radical (unpaired) electrons. The van der Waals surface area contributed by atoms with Crippen molar-refractivity contribution in [3.63, 3.8) is 0 Å². The third kappa shape index (κ3) is 14.8. The van der Waals surface area contributed by atoms with Crippen molar-refractivity contribution in [1.82, 2.24) is 0 Å². The zero-order valence-corrected chi connectivity index (χ0v) is 21.5. The predicted molar refractivity (Wildman–Crippen MR) is 139 cm³/mol. The lowest BCUT2D eigenvalue weighted by Crippen LogP contribution is -2.30. The van der Waals surface area contributed by atoms with Gasteiger partial charge in [0.25, 0.3) is 0 Å². The summed E-state index contributed by atoms with van der Waals surface area (Å²) in [6, 6.07) is 7.82. The van der Waals surface area contributed by atoms with Gasteiger partial charge in [0.15, 0.2) is 5.78 Å². The van der Waals surface area contributed by atoms with E-state index in [4.69, 9.17) is 5.73 Å². The molecule has 0 bridgehead atoms. The van der Waals surface area contributed by atoms with E-state index in [1.165, 1.54) is 89.9 Å². The Morgan fingerprint density at radius 1 is 0.710 bits per heavy atom. The van der Waals surface area contributed by atoms with Crippen molar-refractivity contribution < 1.29 is 4.79 Å². The van der Waals surface area contributed by atoms with Gasteiger partial charge in [-0.1, -0.05) is 128 Å². The van der Waals surface area contributed by atoms with E-state index in [2.05, 4.69) is 6.92 Å². The number of halogens is 1. The molecule has 1 rings (SSSR count). The highest BCUT2D eigenvalue weighted by Crippen LogP contribution is 2.23. The van der Waals surface area contributed by atoms with Crippen molar-refractivity contribution in [2.75, 3.05) is 0 Å². The van der Waals surface area contributed by atoms with Crippen LogP contribution in [0.25, 0.3) is 0 Å². The summed E-state index contributed by atoms with van der Waals surface area (Å²) in [5.74, 6) is 0.245. The van der Waals surface area contributed by atoms with Gasteiger partial charge < -0.3 is 5.73 Å². The molecule has 0 heterocycles. The minimum absolute atomic E-state index is 0. The molecule has 0 aliphatic heterocycles. The summed E-state index contributed by atoms with van der Waals surface area (Å²) >= 11 is 0. The van der Waals surface area contributed by atoms with Crippen LogP contribution >= 0.6 is 12.4 Å². The van der Waals surface area contributed by atoms with Crippen molar-refractivity contribution >= 4 is 18.2 Å². The fraction of sp³-hybridized carbons (Fsp3) is 0.750. The molecular weight excluding hydrogens is 402 g/mol. The van der Waals surface area contributed by atoms with Gasteiger partial charge in [-0.2, -0.15) is 0 Å². The Labute approximate surface area is 199 Å². The lowest BCUT2D eigenvalue weighted by atomic mass is 9.88. The summed E-state index contributed by atoms with van der Waals surface area (Å²) in [7, 11) is 0. The second-order valence-electron chi connectivity index (χ2n) is 9.74. The molecule has 2 N–H and O–H groups in total. The summed E-state index contributed by atoms with van der Waals surface area (Å²) in [6.07, 6.45) is 22.3. The maximum atomic E-state index is 12.6. The topological polar surface area (TPSA) is 43.1 Å². The number of carbonyl (C=O) groups excluding carboxylic acids is 1. The van der Waals surface area contributed by atoms with Crippen LogP contribution in [0, 0.1) is 0 Å². The molecule has 0 aliphatic rings. The zero-order chi connectivity index (χ0) is 22.1. The molecule has 0 spiro atoms. The van der Waals surface area contributed by atoms with E-state index in [1.54, 1.807) is 0 Å². The molecule has 1 aromatic rings. The van der Waals surface area contributed by atoms with Crippen LogP contribution in [-0.4, -0.2) is 5.78 Å². The second kappa shape index (κ2) is 18.7. The molecule has 0 fully saturated rings. The van der Waals surface area contributed by atoms with E-state index in [1.807, 2.05) is 38.1 Å². The number of rotatable bonds is 19. The fourth-order valence-electron chi connectivity index (χ4n) is 4.26. The largest absolute Gasteiger partial charge is 0.322 e. The summed E-state index contributed by atoms with van der Waals surface area (Å²) in [4.78, 5) is 12.6. The number of hydrogen-bond acceptors (Lipinski definition) is 2. The Hall–Kier alpha value is -0.860. The van der Waals surface area contributed by atoms with E-state index >= 15 is 0 Å². The maximum absolute atomic E-state index is 12.6. The van der Waals surface area contributed by atoms with E-state index in [0.717, 1.165) is 24.0 Å². The third-order valence-electron chi connectivity index (χ3n) is 6.18. The van der Waals surface area contributed by atoms with Gasteiger partial charge in [0.05, 0.1) is 0 Å². The molecule has 0 amide bonds. The predicted octanol–water partition coefficient (Wildman–Crippen LogP) is 9.14. The third-order valence-corrected chi connectivity index (χ3v) is 6.18. The van der Waals surface area contributed by atoms with E-state index in [9.17, 15) is 4.79 Å². The number of unbranched alkanes of at least 4 members (excludes halogenated alkanes) is 15. The summed E-state index contributed by atoms with van der Waals surface area (Å²) in [5, 5.41) is 0. The smallest absolute Gasteiger partial charge is 0.163 e. The normalized spacial score (nSPS) is 11.4. The van der Waals surface area contributed by atoms with Crippen LogP contribution in [0.4, 0.5) is 0 Å². The Morgan fingerprint density at radius 2 is 1.10 bits per heavy atom. The molecule has 31 heavy (non-hydrogen) atoms. The molecule has 180 valence electrons. The van der Waals surface area contributed by atoms with Crippen molar-refractivity contribution in [1.29, 1.82) is 0 Å². The zero-order valence-electron chi connectivity index (χ0n) is 20.7. The van der Waals surface area contributed by atoms with Crippen LogP contribution in [0.5, 0.6) is 0 Å². The van der Waals surface area contributed by atoms with Crippen molar-refractivity contribution in [2.24, 2.45) is 5.73 Å². The summed E-state index contributed by atoms with van der Waals surface area (Å²) < 4.78 is 0. The van der Waals surface area contributed by atoms with Gasteiger partial charge in [0, 0.05) is 17.5 Å². The maximum Gasteiger partial charge on any atom is 0.163 e. The average Bonchev–Trinajstić information content (AvgIpc) is 2.72. The van der Waals surface area contributed by atoms with Gasteiger partial charge in [0.2, 0.25) is 0 Å². The Bertz CT molecular complexity index is 564. The number of ketones is 1. The number of hydrogen-bond donors (Lipinski definition) is 1. The minimum atomic E-state index is -0.471. The van der Waals surface area contributed by atoms with Crippen LogP contribution in [0.15, 0.2) is 24.3 Å². The molecule has 0 aromatic heterocycles. The van der Waals surface area contributed by atoms with E-state index < -0.39 is 5.54 Å². The Kier molecular flexibility index (Phi) is 18.2. The van der Waals surface area contributed by atoms with Crippen LogP contribution in [-0.2, 0) is 5.54 Å². The van der Waals surface area contributed by atoms with E-state index in [-0.39, 0.29) is 18.2 Å².